The fourth-order valence-corrected chi connectivity index (χ4v) is 2.01. The van der Waals surface area contributed by atoms with Gasteiger partial charge < -0.3 is 10.4 Å². The van der Waals surface area contributed by atoms with Crippen molar-refractivity contribution in [3.05, 3.63) is 0 Å². The minimum atomic E-state index is -0.695. The monoisotopic (exact) mass is 200 g/mol. The molecule has 0 aliphatic carbocycles. The maximum atomic E-state index is 10.5. The number of nitrogens with zero attached hydrogens (tertiary/aromatic N) is 1. The Kier molecular flexibility index (Phi) is 4.35. The van der Waals surface area contributed by atoms with Crippen molar-refractivity contribution in [1.82, 2.24) is 10.2 Å². The van der Waals surface area contributed by atoms with Gasteiger partial charge in [0.15, 0.2) is 0 Å². The van der Waals surface area contributed by atoms with E-state index in [0.29, 0.717) is 12.1 Å². The summed E-state index contributed by atoms with van der Waals surface area (Å²) < 4.78 is 0. The van der Waals surface area contributed by atoms with Crippen LogP contribution in [0.4, 0.5) is 0 Å². The van der Waals surface area contributed by atoms with Crippen LogP contribution in [-0.4, -0.2) is 47.7 Å². The highest BCUT2D eigenvalue weighted by Gasteiger charge is 2.24. The summed E-state index contributed by atoms with van der Waals surface area (Å²) in [6.45, 7) is 7.30. The number of carbonyl (C=O) groups is 1. The Bertz CT molecular complexity index is 195. The number of hydrogen-bond acceptors (Lipinski definition) is 3. The molecule has 1 atom stereocenters. The van der Waals surface area contributed by atoms with Crippen LogP contribution in [0.2, 0.25) is 0 Å². The van der Waals surface area contributed by atoms with Crippen LogP contribution in [-0.2, 0) is 4.79 Å². The van der Waals surface area contributed by atoms with E-state index in [1.807, 2.05) is 0 Å². The van der Waals surface area contributed by atoms with Crippen LogP contribution in [0.25, 0.3) is 0 Å². The van der Waals surface area contributed by atoms with Gasteiger partial charge in [-0.05, 0) is 20.3 Å². The molecule has 0 aromatic rings. The smallest absolute Gasteiger partial charge is 0.303 e. The first-order chi connectivity index (χ1) is 6.61. The Balaban J connectivity index is 2.41. The summed E-state index contributed by atoms with van der Waals surface area (Å²) in [6, 6.07) is 0.899. The molecule has 0 aromatic heterocycles. The normalized spacial score (nSPS) is 24.1. The number of aliphatic carboxylic acids is 1. The lowest BCUT2D eigenvalue weighted by Gasteiger charge is -2.38. The molecule has 1 fully saturated rings. The molecule has 1 unspecified atom stereocenters. The first-order valence-electron chi connectivity index (χ1n) is 5.29. The molecule has 1 rings (SSSR count). The first kappa shape index (κ1) is 11.5. The van der Waals surface area contributed by atoms with Crippen molar-refractivity contribution in [3.63, 3.8) is 0 Å². The van der Waals surface area contributed by atoms with Crippen LogP contribution in [0.3, 0.4) is 0 Å². The highest BCUT2D eigenvalue weighted by atomic mass is 16.4. The summed E-state index contributed by atoms with van der Waals surface area (Å²) in [5, 5.41) is 11.9. The Hall–Kier alpha value is -0.610. The van der Waals surface area contributed by atoms with E-state index in [2.05, 4.69) is 24.1 Å². The lowest BCUT2D eigenvalue weighted by molar-refractivity contribution is -0.137. The lowest BCUT2D eigenvalue weighted by atomic mass is 10.1. The SMILES string of the molecule is CC(C)N1CCNCC1CCC(=O)O. The standard InChI is InChI=1S/C10H20N2O2/c1-8(2)12-6-5-11-7-9(12)3-4-10(13)14/h8-9,11H,3-7H2,1-2H3,(H,13,14). The summed E-state index contributed by atoms with van der Waals surface area (Å²) in [7, 11) is 0. The number of rotatable bonds is 4. The average Bonchev–Trinajstić information content (AvgIpc) is 2.15. The van der Waals surface area contributed by atoms with Crippen LogP contribution in [0.5, 0.6) is 0 Å². The van der Waals surface area contributed by atoms with Crippen LogP contribution in [0.15, 0.2) is 0 Å². The Morgan fingerprint density at radius 1 is 1.64 bits per heavy atom. The van der Waals surface area contributed by atoms with E-state index in [-0.39, 0.29) is 6.42 Å². The second-order valence-corrected chi connectivity index (χ2v) is 4.12. The van der Waals surface area contributed by atoms with Gasteiger partial charge in [-0.3, -0.25) is 9.69 Å². The molecule has 2 N–H and O–H groups in total. The van der Waals surface area contributed by atoms with E-state index in [4.69, 9.17) is 5.11 Å². The molecular weight excluding hydrogens is 180 g/mol. The second kappa shape index (κ2) is 5.32. The Morgan fingerprint density at radius 3 is 2.93 bits per heavy atom. The Labute approximate surface area is 85.3 Å². The van der Waals surface area contributed by atoms with Crippen LogP contribution >= 0.6 is 0 Å². The van der Waals surface area contributed by atoms with Gasteiger partial charge in [0.1, 0.15) is 0 Å². The van der Waals surface area contributed by atoms with Gasteiger partial charge in [0.05, 0.1) is 0 Å². The topological polar surface area (TPSA) is 52.6 Å². The maximum absolute atomic E-state index is 10.5. The average molecular weight is 200 g/mol. The molecule has 1 aliphatic rings. The van der Waals surface area contributed by atoms with E-state index >= 15 is 0 Å². The molecule has 4 heteroatoms. The van der Waals surface area contributed by atoms with E-state index in [1.54, 1.807) is 0 Å². The van der Waals surface area contributed by atoms with Gasteiger partial charge in [0.25, 0.3) is 0 Å². The summed E-state index contributed by atoms with van der Waals surface area (Å²) in [5.74, 6) is -0.695. The van der Waals surface area contributed by atoms with E-state index in [0.717, 1.165) is 26.1 Å². The molecule has 1 saturated heterocycles. The molecule has 0 spiro atoms. The van der Waals surface area contributed by atoms with Crippen LogP contribution in [0, 0.1) is 0 Å². The zero-order valence-corrected chi connectivity index (χ0v) is 8.99. The molecule has 14 heavy (non-hydrogen) atoms. The summed E-state index contributed by atoms with van der Waals surface area (Å²) >= 11 is 0. The number of carboxylic acids is 1. The molecule has 0 saturated carbocycles. The van der Waals surface area contributed by atoms with Crippen molar-refractivity contribution in [2.45, 2.75) is 38.8 Å². The van der Waals surface area contributed by atoms with Crippen molar-refractivity contribution in [1.29, 1.82) is 0 Å². The minimum Gasteiger partial charge on any atom is -0.481 e. The van der Waals surface area contributed by atoms with E-state index in [9.17, 15) is 4.79 Å². The van der Waals surface area contributed by atoms with Gasteiger partial charge in [-0.15, -0.1) is 0 Å². The zero-order chi connectivity index (χ0) is 10.6. The lowest BCUT2D eigenvalue weighted by Crippen LogP contribution is -2.53. The van der Waals surface area contributed by atoms with Crippen molar-refractivity contribution in [3.8, 4) is 0 Å². The summed E-state index contributed by atoms with van der Waals surface area (Å²) in [5.41, 5.74) is 0. The zero-order valence-electron chi connectivity index (χ0n) is 8.99. The van der Waals surface area contributed by atoms with Crippen molar-refractivity contribution < 1.29 is 9.90 Å². The molecule has 0 radical (unpaired) electrons. The molecular formula is C10H20N2O2. The third kappa shape index (κ3) is 3.27. The van der Waals surface area contributed by atoms with Gasteiger partial charge in [0, 0.05) is 38.1 Å². The van der Waals surface area contributed by atoms with Crippen molar-refractivity contribution in [2.75, 3.05) is 19.6 Å². The number of hydrogen-bond donors (Lipinski definition) is 2. The predicted octanol–water partition coefficient (Wildman–Crippen LogP) is 0.533. The highest BCUT2D eigenvalue weighted by molar-refractivity contribution is 5.66. The molecule has 0 amide bonds. The van der Waals surface area contributed by atoms with Crippen LogP contribution in [0.1, 0.15) is 26.7 Å². The minimum absolute atomic E-state index is 0.273. The second-order valence-electron chi connectivity index (χ2n) is 4.12. The van der Waals surface area contributed by atoms with Gasteiger partial charge in [-0.25, -0.2) is 0 Å². The molecule has 0 aromatic carbocycles. The number of piperazine rings is 1. The van der Waals surface area contributed by atoms with Gasteiger partial charge in [-0.2, -0.15) is 0 Å². The fourth-order valence-electron chi connectivity index (χ4n) is 2.01. The highest BCUT2D eigenvalue weighted by Crippen LogP contribution is 2.12. The van der Waals surface area contributed by atoms with E-state index < -0.39 is 5.97 Å². The molecule has 0 bridgehead atoms. The largest absolute Gasteiger partial charge is 0.481 e. The van der Waals surface area contributed by atoms with Crippen molar-refractivity contribution in [2.24, 2.45) is 0 Å². The predicted molar refractivity (Wildman–Crippen MR) is 55.4 cm³/mol. The number of carboxylic acid groups (broad SMARTS) is 1. The van der Waals surface area contributed by atoms with Gasteiger partial charge in [0.2, 0.25) is 0 Å². The molecule has 1 aliphatic heterocycles. The third-order valence-electron chi connectivity index (χ3n) is 2.75. The van der Waals surface area contributed by atoms with Gasteiger partial charge in [-0.1, -0.05) is 0 Å². The Morgan fingerprint density at radius 2 is 2.36 bits per heavy atom. The maximum Gasteiger partial charge on any atom is 0.303 e. The molecule has 4 nitrogen and oxygen atoms in total. The fraction of sp³-hybridized carbons (Fsp3) is 0.900. The number of nitrogens with one attached hydrogen (secondary N) is 1. The summed E-state index contributed by atoms with van der Waals surface area (Å²) in [6.07, 6.45) is 1.02. The third-order valence-corrected chi connectivity index (χ3v) is 2.75. The van der Waals surface area contributed by atoms with Gasteiger partial charge >= 0.3 is 5.97 Å². The summed E-state index contributed by atoms with van der Waals surface area (Å²) in [4.78, 5) is 12.9. The van der Waals surface area contributed by atoms with Crippen LogP contribution < -0.4 is 5.32 Å². The van der Waals surface area contributed by atoms with Crippen molar-refractivity contribution >= 4 is 5.97 Å². The first-order valence-corrected chi connectivity index (χ1v) is 5.29. The molecule has 82 valence electrons. The molecule has 1 heterocycles. The quantitative estimate of drug-likeness (QED) is 0.695. The van der Waals surface area contributed by atoms with E-state index in [1.165, 1.54) is 0 Å².